The molecular formula is C15H19N3O2S. The van der Waals surface area contributed by atoms with E-state index in [1.54, 1.807) is 28.7 Å². The van der Waals surface area contributed by atoms with Crippen LogP contribution in [0.4, 0.5) is 0 Å². The zero-order chi connectivity index (χ0) is 14.9. The standard InChI is InChI=1S/C15H19N3O2S/c16-11-12-6-9-18(10-7-12)21(19,20)15-5-1-4-14-13(15)3-2-8-17-14/h1-5,8,12H,6-7,9-11,16H2. The molecule has 1 aromatic carbocycles. The van der Waals surface area contributed by atoms with E-state index in [9.17, 15) is 8.42 Å². The van der Waals surface area contributed by atoms with Gasteiger partial charge in [0.05, 0.1) is 10.4 Å². The van der Waals surface area contributed by atoms with Crippen molar-refractivity contribution in [3.63, 3.8) is 0 Å². The van der Waals surface area contributed by atoms with Gasteiger partial charge in [0.2, 0.25) is 10.0 Å². The van der Waals surface area contributed by atoms with Crippen molar-refractivity contribution in [2.24, 2.45) is 11.7 Å². The third kappa shape index (κ3) is 2.66. The van der Waals surface area contributed by atoms with Crippen LogP contribution in [0.5, 0.6) is 0 Å². The maximum Gasteiger partial charge on any atom is 0.243 e. The molecule has 0 atom stereocenters. The second-order valence-corrected chi connectivity index (χ2v) is 7.32. The van der Waals surface area contributed by atoms with Crippen LogP contribution in [0.1, 0.15) is 12.8 Å². The first-order valence-corrected chi connectivity index (χ1v) is 8.61. The Balaban J connectivity index is 1.98. The van der Waals surface area contributed by atoms with Gasteiger partial charge in [-0.05, 0) is 49.6 Å². The minimum absolute atomic E-state index is 0.347. The summed E-state index contributed by atoms with van der Waals surface area (Å²) in [6.45, 7) is 1.72. The molecule has 21 heavy (non-hydrogen) atoms. The van der Waals surface area contributed by atoms with Gasteiger partial charge in [0.1, 0.15) is 0 Å². The Morgan fingerprint density at radius 3 is 2.67 bits per heavy atom. The second-order valence-electron chi connectivity index (χ2n) is 5.41. The molecule has 2 N–H and O–H groups in total. The predicted molar refractivity (Wildman–Crippen MR) is 82.3 cm³/mol. The van der Waals surface area contributed by atoms with Gasteiger partial charge in [0.15, 0.2) is 0 Å². The van der Waals surface area contributed by atoms with Crippen LogP contribution in [0.25, 0.3) is 10.9 Å². The molecule has 1 aromatic heterocycles. The summed E-state index contributed by atoms with van der Waals surface area (Å²) in [5.74, 6) is 0.436. The Morgan fingerprint density at radius 1 is 1.19 bits per heavy atom. The zero-order valence-corrected chi connectivity index (χ0v) is 12.6. The van der Waals surface area contributed by atoms with Crippen LogP contribution >= 0.6 is 0 Å². The quantitative estimate of drug-likeness (QED) is 0.934. The number of hydrogen-bond acceptors (Lipinski definition) is 4. The molecule has 0 saturated carbocycles. The minimum Gasteiger partial charge on any atom is -0.330 e. The number of fused-ring (bicyclic) bond motifs is 1. The molecule has 0 aliphatic carbocycles. The summed E-state index contributed by atoms with van der Waals surface area (Å²) in [5, 5.41) is 0.681. The van der Waals surface area contributed by atoms with E-state index < -0.39 is 10.0 Å². The number of pyridine rings is 1. The third-order valence-electron chi connectivity index (χ3n) is 4.13. The van der Waals surface area contributed by atoms with Gasteiger partial charge in [-0.2, -0.15) is 4.31 Å². The Bertz CT molecular complexity index is 732. The smallest absolute Gasteiger partial charge is 0.243 e. The van der Waals surface area contributed by atoms with Gasteiger partial charge in [-0.1, -0.05) is 6.07 Å². The summed E-state index contributed by atoms with van der Waals surface area (Å²) in [7, 11) is -3.47. The molecule has 0 amide bonds. The third-order valence-corrected chi connectivity index (χ3v) is 6.09. The van der Waals surface area contributed by atoms with Crippen molar-refractivity contribution in [3.05, 3.63) is 36.5 Å². The van der Waals surface area contributed by atoms with Gasteiger partial charge < -0.3 is 5.73 Å². The Kier molecular flexibility index (Phi) is 3.93. The molecule has 6 heteroatoms. The number of piperidine rings is 1. The second kappa shape index (κ2) is 5.71. The van der Waals surface area contributed by atoms with Crippen molar-refractivity contribution in [2.75, 3.05) is 19.6 Å². The first kappa shape index (κ1) is 14.4. The summed E-state index contributed by atoms with van der Waals surface area (Å²) in [4.78, 5) is 4.57. The normalized spacial score (nSPS) is 18.1. The fourth-order valence-electron chi connectivity index (χ4n) is 2.82. The highest BCUT2D eigenvalue weighted by atomic mass is 32.2. The van der Waals surface area contributed by atoms with E-state index >= 15 is 0 Å². The largest absolute Gasteiger partial charge is 0.330 e. The van der Waals surface area contributed by atoms with Crippen LogP contribution in [-0.4, -0.2) is 37.3 Å². The van der Waals surface area contributed by atoms with Crippen molar-refractivity contribution >= 4 is 20.9 Å². The fraction of sp³-hybridized carbons (Fsp3) is 0.400. The summed E-state index contributed by atoms with van der Waals surface area (Å²) in [6, 6.07) is 8.81. The van der Waals surface area contributed by atoms with Gasteiger partial charge in [-0.25, -0.2) is 8.42 Å². The van der Waals surface area contributed by atoms with Crippen molar-refractivity contribution < 1.29 is 8.42 Å². The average molecular weight is 305 g/mol. The first-order valence-electron chi connectivity index (χ1n) is 7.17. The molecule has 0 spiro atoms. The molecule has 0 unspecified atom stereocenters. The molecule has 3 rings (SSSR count). The van der Waals surface area contributed by atoms with Gasteiger partial charge in [-0.15, -0.1) is 0 Å². The van der Waals surface area contributed by atoms with Crippen molar-refractivity contribution in [1.82, 2.24) is 9.29 Å². The van der Waals surface area contributed by atoms with Crippen LogP contribution in [0.3, 0.4) is 0 Å². The molecule has 5 nitrogen and oxygen atoms in total. The average Bonchev–Trinajstić information content (AvgIpc) is 2.54. The van der Waals surface area contributed by atoms with Crippen molar-refractivity contribution in [3.8, 4) is 0 Å². The van der Waals surface area contributed by atoms with Crippen LogP contribution in [0.2, 0.25) is 0 Å². The van der Waals surface area contributed by atoms with Crippen molar-refractivity contribution in [1.29, 1.82) is 0 Å². The lowest BCUT2D eigenvalue weighted by atomic mass is 9.99. The lowest BCUT2D eigenvalue weighted by Gasteiger charge is -2.30. The monoisotopic (exact) mass is 305 g/mol. The topological polar surface area (TPSA) is 76.3 Å². The van der Waals surface area contributed by atoms with Gasteiger partial charge in [-0.3, -0.25) is 4.98 Å². The SMILES string of the molecule is NCC1CCN(S(=O)(=O)c2cccc3ncccc23)CC1. The number of aromatic nitrogens is 1. The Morgan fingerprint density at radius 2 is 1.95 bits per heavy atom. The van der Waals surface area contributed by atoms with E-state index in [1.807, 2.05) is 12.1 Å². The number of hydrogen-bond donors (Lipinski definition) is 1. The van der Waals surface area contributed by atoms with E-state index in [-0.39, 0.29) is 0 Å². The molecule has 1 aliphatic rings. The van der Waals surface area contributed by atoms with Crippen LogP contribution in [0.15, 0.2) is 41.4 Å². The molecule has 0 radical (unpaired) electrons. The number of nitrogens with two attached hydrogens (primary N) is 1. The maximum atomic E-state index is 12.9. The van der Waals surface area contributed by atoms with E-state index in [0.29, 0.717) is 41.4 Å². The van der Waals surface area contributed by atoms with Crippen molar-refractivity contribution in [2.45, 2.75) is 17.7 Å². The van der Waals surface area contributed by atoms with Gasteiger partial charge >= 0.3 is 0 Å². The maximum absolute atomic E-state index is 12.9. The first-order chi connectivity index (χ1) is 10.1. The van der Waals surface area contributed by atoms with Crippen LogP contribution in [-0.2, 0) is 10.0 Å². The number of nitrogens with zero attached hydrogens (tertiary/aromatic N) is 2. The molecule has 1 fully saturated rings. The molecule has 0 bridgehead atoms. The lowest BCUT2D eigenvalue weighted by Crippen LogP contribution is -2.40. The number of sulfonamides is 1. The number of benzene rings is 1. The summed E-state index contributed by atoms with van der Waals surface area (Å²) < 4.78 is 27.3. The molecule has 112 valence electrons. The highest BCUT2D eigenvalue weighted by Crippen LogP contribution is 2.27. The van der Waals surface area contributed by atoms with E-state index in [2.05, 4.69) is 4.98 Å². The highest BCUT2D eigenvalue weighted by Gasteiger charge is 2.30. The molecule has 1 aliphatic heterocycles. The molecule has 2 aromatic rings. The van der Waals surface area contributed by atoms with Crippen LogP contribution in [0, 0.1) is 5.92 Å². The van der Waals surface area contributed by atoms with E-state index in [1.165, 1.54) is 0 Å². The van der Waals surface area contributed by atoms with E-state index in [4.69, 9.17) is 5.73 Å². The minimum atomic E-state index is -3.47. The van der Waals surface area contributed by atoms with Crippen LogP contribution < -0.4 is 5.73 Å². The zero-order valence-electron chi connectivity index (χ0n) is 11.8. The Labute approximate surface area is 124 Å². The fourth-order valence-corrected chi connectivity index (χ4v) is 4.50. The lowest BCUT2D eigenvalue weighted by molar-refractivity contribution is 0.278. The summed E-state index contributed by atoms with van der Waals surface area (Å²) in [5.41, 5.74) is 6.37. The predicted octanol–water partition coefficient (Wildman–Crippen LogP) is 1.59. The summed E-state index contributed by atoms with van der Waals surface area (Å²) in [6.07, 6.45) is 3.34. The van der Waals surface area contributed by atoms with Gasteiger partial charge in [0.25, 0.3) is 0 Å². The van der Waals surface area contributed by atoms with E-state index in [0.717, 1.165) is 12.8 Å². The molecule has 1 saturated heterocycles. The highest BCUT2D eigenvalue weighted by molar-refractivity contribution is 7.89. The molecular weight excluding hydrogens is 286 g/mol. The summed E-state index contributed by atoms with van der Waals surface area (Å²) >= 11 is 0. The molecule has 2 heterocycles. The van der Waals surface area contributed by atoms with Gasteiger partial charge in [0, 0.05) is 24.7 Å². The number of rotatable bonds is 3. The Hall–Kier alpha value is -1.50.